The van der Waals surface area contributed by atoms with Crippen molar-refractivity contribution in [1.82, 2.24) is 24.1 Å². The molecule has 1 fully saturated rings. The van der Waals surface area contributed by atoms with Crippen molar-refractivity contribution < 1.29 is 8.42 Å². The number of sulfonamides is 1. The van der Waals surface area contributed by atoms with Crippen LogP contribution in [0.4, 0.5) is 5.95 Å². The highest BCUT2D eigenvalue weighted by atomic mass is 32.2. The van der Waals surface area contributed by atoms with Gasteiger partial charge in [0.2, 0.25) is 16.0 Å². The molecule has 0 spiro atoms. The van der Waals surface area contributed by atoms with Crippen LogP contribution in [0.25, 0.3) is 11.0 Å². The lowest BCUT2D eigenvalue weighted by Crippen LogP contribution is -2.47. The van der Waals surface area contributed by atoms with Crippen LogP contribution >= 0.6 is 0 Å². The van der Waals surface area contributed by atoms with Gasteiger partial charge in [0.15, 0.2) is 5.65 Å². The Kier molecular flexibility index (Phi) is 5.06. The largest absolute Gasteiger partial charge is 0.342 e. The van der Waals surface area contributed by atoms with Gasteiger partial charge in [0.1, 0.15) is 5.39 Å². The monoisotopic (exact) mass is 396 g/mol. The SMILES string of the molecule is CCN(C1CCN(c2nc3c(cnn3C(C)(C)C)c(=O)[nH]2)CC1)S(C)(=O)=O. The van der Waals surface area contributed by atoms with E-state index in [4.69, 9.17) is 0 Å². The number of aromatic amines is 1. The maximum Gasteiger partial charge on any atom is 0.263 e. The summed E-state index contributed by atoms with van der Waals surface area (Å²) in [5.74, 6) is 0.513. The molecule has 1 saturated heterocycles. The molecule has 0 amide bonds. The van der Waals surface area contributed by atoms with Crippen molar-refractivity contribution in [3.63, 3.8) is 0 Å². The summed E-state index contributed by atoms with van der Waals surface area (Å²) in [6, 6.07) is -0.0168. The summed E-state index contributed by atoms with van der Waals surface area (Å²) in [4.78, 5) is 22.0. The van der Waals surface area contributed by atoms with Gasteiger partial charge >= 0.3 is 0 Å². The maximum absolute atomic E-state index is 12.5. The molecule has 2 aromatic heterocycles. The Morgan fingerprint density at radius 1 is 1.30 bits per heavy atom. The molecule has 9 nitrogen and oxygen atoms in total. The van der Waals surface area contributed by atoms with Crippen LogP contribution in [0.3, 0.4) is 0 Å². The molecule has 1 aliphatic heterocycles. The number of nitrogens with one attached hydrogen (secondary N) is 1. The summed E-state index contributed by atoms with van der Waals surface area (Å²) in [6.07, 6.45) is 4.19. The molecule has 2 aromatic rings. The zero-order valence-electron chi connectivity index (χ0n) is 16.6. The molecule has 10 heteroatoms. The minimum absolute atomic E-state index is 0.0168. The fourth-order valence-corrected chi connectivity index (χ4v) is 4.90. The molecule has 1 aliphatic rings. The quantitative estimate of drug-likeness (QED) is 0.831. The van der Waals surface area contributed by atoms with E-state index in [0.29, 0.717) is 49.5 Å². The summed E-state index contributed by atoms with van der Waals surface area (Å²) >= 11 is 0. The number of aromatic nitrogens is 4. The van der Waals surface area contributed by atoms with Gasteiger partial charge in [-0.2, -0.15) is 14.4 Å². The number of piperidine rings is 1. The molecule has 0 aromatic carbocycles. The van der Waals surface area contributed by atoms with Gasteiger partial charge in [-0.15, -0.1) is 0 Å². The van der Waals surface area contributed by atoms with Crippen molar-refractivity contribution in [2.45, 2.75) is 52.1 Å². The van der Waals surface area contributed by atoms with Crippen LogP contribution in [0.2, 0.25) is 0 Å². The van der Waals surface area contributed by atoms with Crippen LogP contribution in [0, 0.1) is 0 Å². The summed E-state index contributed by atoms with van der Waals surface area (Å²) < 4.78 is 27.2. The molecule has 3 heterocycles. The molecule has 0 unspecified atom stereocenters. The highest BCUT2D eigenvalue weighted by molar-refractivity contribution is 7.88. The number of fused-ring (bicyclic) bond motifs is 1. The second-order valence-corrected chi connectivity index (χ2v) is 9.97. The van der Waals surface area contributed by atoms with E-state index in [2.05, 4.69) is 15.1 Å². The van der Waals surface area contributed by atoms with Gasteiger partial charge in [0.25, 0.3) is 5.56 Å². The van der Waals surface area contributed by atoms with Crippen molar-refractivity contribution in [2.75, 3.05) is 30.8 Å². The van der Waals surface area contributed by atoms with Gasteiger partial charge < -0.3 is 4.90 Å². The Morgan fingerprint density at radius 2 is 1.93 bits per heavy atom. The van der Waals surface area contributed by atoms with E-state index in [-0.39, 0.29) is 17.1 Å². The first-order valence-electron chi connectivity index (χ1n) is 9.22. The zero-order chi connectivity index (χ0) is 20.0. The molecule has 0 atom stereocenters. The van der Waals surface area contributed by atoms with Gasteiger partial charge in [-0.25, -0.2) is 13.1 Å². The Hall–Kier alpha value is -1.94. The van der Waals surface area contributed by atoms with E-state index < -0.39 is 10.0 Å². The summed E-state index contributed by atoms with van der Waals surface area (Å²) in [5.41, 5.74) is 0.0674. The first-order chi connectivity index (χ1) is 12.5. The fraction of sp³-hybridized carbons (Fsp3) is 0.706. The second kappa shape index (κ2) is 6.90. The van der Waals surface area contributed by atoms with Crippen molar-refractivity contribution in [1.29, 1.82) is 0 Å². The topological polar surface area (TPSA) is 104 Å². The van der Waals surface area contributed by atoms with E-state index in [0.717, 1.165) is 0 Å². The van der Waals surface area contributed by atoms with Gasteiger partial charge in [0.05, 0.1) is 18.0 Å². The van der Waals surface area contributed by atoms with Crippen LogP contribution in [-0.4, -0.2) is 64.4 Å². The molecular weight excluding hydrogens is 368 g/mol. The lowest BCUT2D eigenvalue weighted by Gasteiger charge is -2.37. The Bertz CT molecular complexity index is 980. The number of hydrogen-bond donors (Lipinski definition) is 1. The number of nitrogens with zero attached hydrogens (tertiary/aromatic N) is 5. The van der Waals surface area contributed by atoms with E-state index in [9.17, 15) is 13.2 Å². The van der Waals surface area contributed by atoms with E-state index in [1.165, 1.54) is 6.26 Å². The van der Waals surface area contributed by atoms with Crippen LogP contribution in [0.15, 0.2) is 11.0 Å². The third-order valence-electron chi connectivity index (χ3n) is 4.97. The standard InChI is InChI=1S/C17H28N6O3S/c1-6-22(27(5,25)26)12-7-9-21(10-8-12)16-19-14-13(15(24)20-16)11-18-23(14)17(2,3)4/h11-12H,6-10H2,1-5H3,(H,19,20,24). The Balaban J connectivity index is 1.86. The van der Waals surface area contributed by atoms with Crippen molar-refractivity contribution in [3.05, 3.63) is 16.6 Å². The average molecular weight is 397 g/mol. The summed E-state index contributed by atoms with van der Waals surface area (Å²) in [5, 5.41) is 4.80. The van der Waals surface area contributed by atoms with Crippen molar-refractivity contribution in [3.8, 4) is 0 Å². The lowest BCUT2D eigenvalue weighted by molar-refractivity contribution is 0.284. The maximum atomic E-state index is 12.5. The molecule has 27 heavy (non-hydrogen) atoms. The number of H-pyrrole nitrogens is 1. The van der Waals surface area contributed by atoms with Crippen LogP contribution in [0.5, 0.6) is 0 Å². The molecule has 0 bridgehead atoms. The predicted octanol–water partition coefficient (Wildman–Crippen LogP) is 1.12. The molecule has 0 saturated carbocycles. The van der Waals surface area contributed by atoms with Crippen LogP contribution in [0.1, 0.15) is 40.5 Å². The predicted molar refractivity (Wildman–Crippen MR) is 106 cm³/mol. The highest BCUT2D eigenvalue weighted by Gasteiger charge is 2.30. The smallest absolute Gasteiger partial charge is 0.263 e. The van der Waals surface area contributed by atoms with E-state index in [1.807, 2.05) is 32.6 Å². The molecular formula is C17H28N6O3S. The minimum atomic E-state index is -3.22. The van der Waals surface area contributed by atoms with Crippen LogP contribution in [-0.2, 0) is 15.6 Å². The normalized spacial score (nSPS) is 17.2. The highest BCUT2D eigenvalue weighted by Crippen LogP contribution is 2.23. The summed E-state index contributed by atoms with van der Waals surface area (Å²) in [7, 11) is -3.22. The first-order valence-corrected chi connectivity index (χ1v) is 11.1. The van der Waals surface area contributed by atoms with Gasteiger partial charge in [-0.3, -0.25) is 9.78 Å². The molecule has 0 radical (unpaired) electrons. The number of anilines is 1. The molecule has 1 N–H and O–H groups in total. The number of hydrogen-bond acceptors (Lipinski definition) is 6. The van der Waals surface area contributed by atoms with Crippen molar-refractivity contribution in [2.24, 2.45) is 0 Å². The average Bonchev–Trinajstić information content (AvgIpc) is 2.99. The van der Waals surface area contributed by atoms with E-state index >= 15 is 0 Å². The first kappa shape index (κ1) is 19.8. The van der Waals surface area contributed by atoms with Gasteiger partial charge in [0, 0.05) is 25.7 Å². The lowest BCUT2D eigenvalue weighted by atomic mass is 10.1. The molecule has 150 valence electrons. The molecule has 3 rings (SSSR count). The third-order valence-corrected chi connectivity index (χ3v) is 6.38. The summed E-state index contributed by atoms with van der Waals surface area (Å²) in [6.45, 7) is 9.63. The van der Waals surface area contributed by atoms with Gasteiger partial charge in [-0.05, 0) is 33.6 Å². The number of rotatable bonds is 4. The minimum Gasteiger partial charge on any atom is -0.342 e. The van der Waals surface area contributed by atoms with Gasteiger partial charge in [-0.1, -0.05) is 6.92 Å². The fourth-order valence-electron chi connectivity index (χ4n) is 3.68. The molecule has 0 aliphatic carbocycles. The third kappa shape index (κ3) is 3.86. The van der Waals surface area contributed by atoms with E-state index in [1.54, 1.807) is 15.2 Å². The van der Waals surface area contributed by atoms with Crippen LogP contribution < -0.4 is 10.5 Å². The zero-order valence-corrected chi connectivity index (χ0v) is 17.4. The Labute approximate surface area is 159 Å². The Morgan fingerprint density at radius 3 is 2.44 bits per heavy atom. The van der Waals surface area contributed by atoms with Crippen molar-refractivity contribution >= 4 is 27.0 Å². The second-order valence-electron chi connectivity index (χ2n) is 8.04.